The van der Waals surface area contributed by atoms with E-state index in [-0.39, 0.29) is 6.04 Å². The van der Waals surface area contributed by atoms with Gasteiger partial charge in [0.1, 0.15) is 5.75 Å². The highest BCUT2D eigenvalue weighted by molar-refractivity contribution is 5.62. The molecule has 1 unspecified atom stereocenters. The number of hydrogen-bond donors (Lipinski definition) is 1. The highest BCUT2D eigenvalue weighted by Crippen LogP contribution is 2.25. The molecular weight excluding hydrogens is 226 g/mol. The SMILES string of the molecule is CNC(C)c1cc(-c2cccc(OC)c2)n(C)n1. The summed E-state index contributed by atoms with van der Waals surface area (Å²) in [5, 5.41) is 7.72. The summed E-state index contributed by atoms with van der Waals surface area (Å²) in [7, 11) is 5.57. The van der Waals surface area contributed by atoms with Crippen LogP contribution in [0.5, 0.6) is 5.75 Å². The fourth-order valence-corrected chi connectivity index (χ4v) is 1.90. The van der Waals surface area contributed by atoms with Crippen molar-refractivity contribution in [1.29, 1.82) is 0 Å². The average molecular weight is 245 g/mol. The number of ether oxygens (including phenoxy) is 1. The van der Waals surface area contributed by atoms with Gasteiger partial charge in [-0.2, -0.15) is 5.10 Å². The summed E-state index contributed by atoms with van der Waals surface area (Å²) in [5.41, 5.74) is 3.24. The Morgan fingerprint density at radius 2 is 2.11 bits per heavy atom. The molecule has 18 heavy (non-hydrogen) atoms. The molecule has 4 heteroatoms. The van der Waals surface area contributed by atoms with Crippen LogP contribution in [-0.2, 0) is 7.05 Å². The summed E-state index contributed by atoms with van der Waals surface area (Å²) in [6.07, 6.45) is 0. The molecule has 1 N–H and O–H groups in total. The summed E-state index contributed by atoms with van der Waals surface area (Å²) < 4.78 is 7.15. The molecule has 1 atom stereocenters. The maximum Gasteiger partial charge on any atom is 0.119 e. The maximum atomic E-state index is 5.25. The van der Waals surface area contributed by atoms with Crippen LogP contribution >= 0.6 is 0 Å². The molecule has 0 radical (unpaired) electrons. The molecule has 0 bridgehead atoms. The molecule has 1 aromatic heterocycles. The van der Waals surface area contributed by atoms with Gasteiger partial charge in [-0.1, -0.05) is 12.1 Å². The molecular formula is C14H19N3O. The fraction of sp³-hybridized carbons (Fsp3) is 0.357. The van der Waals surface area contributed by atoms with Gasteiger partial charge in [-0.3, -0.25) is 4.68 Å². The summed E-state index contributed by atoms with van der Waals surface area (Å²) in [6.45, 7) is 2.09. The van der Waals surface area contributed by atoms with Gasteiger partial charge in [0, 0.05) is 18.7 Å². The first-order valence-electron chi connectivity index (χ1n) is 6.01. The molecule has 2 rings (SSSR count). The highest BCUT2D eigenvalue weighted by atomic mass is 16.5. The largest absolute Gasteiger partial charge is 0.497 e. The molecule has 96 valence electrons. The van der Waals surface area contributed by atoms with Crippen LogP contribution < -0.4 is 10.1 Å². The van der Waals surface area contributed by atoms with Crippen molar-refractivity contribution in [2.24, 2.45) is 7.05 Å². The summed E-state index contributed by atoms with van der Waals surface area (Å²) in [6, 6.07) is 10.4. The number of nitrogens with zero attached hydrogens (tertiary/aromatic N) is 2. The standard InChI is InChI=1S/C14H19N3O/c1-10(15-2)13-9-14(17(3)16-13)11-6-5-7-12(8-11)18-4/h5-10,15H,1-4H3. The normalized spacial score (nSPS) is 12.4. The van der Waals surface area contributed by atoms with Gasteiger partial charge in [-0.25, -0.2) is 0 Å². The molecule has 0 spiro atoms. The van der Waals surface area contributed by atoms with Crippen molar-refractivity contribution in [3.63, 3.8) is 0 Å². The van der Waals surface area contributed by atoms with E-state index in [9.17, 15) is 0 Å². The second-order valence-electron chi connectivity index (χ2n) is 4.32. The van der Waals surface area contributed by atoms with Crippen LogP contribution in [0, 0.1) is 0 Å². The van der Waals surface area contributed by atoms with Crippen molar-refractivity contribution >= 4 is 0 Å². The van der Waals surface area contributed by atoms with Gasteiger partial charge in [0.15, 0.2) is 0 Å². The van der Waals surface area contributed by atoms with Gasteiger partial charge < -0.3 is 10.1 Å². The molecule has 1 heterocycles. The van der Waals surface area contributed by atoms with E-state index in [4.69, 9.17) is 4.74 Å². The van der Waals surface area contributed by atoms with E-state index in [2.05, 4.69) is 29.5 Å². The van der Waals surface area contributed by atoms with Gasteiger partial charge in [0.05, 0.1) is 18.5 Å². The Hall–Kier alpha value is -1.81. The topological polar surface area (TPSA) is 39.1 Å². The lowest BCUT2D eigenvalue weighted by Gasteiger charge is -2.04. The molecule has 0 fully saturated rings. The third-order valence-corrected chi connectivity index (χ3v) is 3.14. The monoisotopic (exact) mass is 245 g/mol. The smallest absolute Gasteiger partial charge is 0.119 e. The van der Waals surface area contributed by atoms with E-state index >= 15 is 0 Å². The lowest BCUT2D eigenvalue weighted by molar-refractivity contribution is 0.415. The number of rotatable bonds is 4. The molecule has 0 amide bonds. The number of methoxy groups -OCH3 is 1. The Bertz CT molecular complexity index is 534. The predicted molar refractivity (Wildman–Crippen MR) is 72.7 cm³/mol. The first-order chi connectivity index (χ1) is 8.65. The van der Waals surface area contributed by atoms with Crippen LogP contribution in [-0.4, -0.2) is 23.9 Å². The van der Waals surface area contributed by atoms with Crippen LogP contribution in [0.4, 0.5) is 0 Å². The van der Waals surface area contributed by atoms with Crippen LogP contribution in [0.25, 0.3) is 11.3 Å². The first-order valence-corrected chi connectivity index (χ1v) is 6.01. The zero-order valence-corrected chi connectivity index (χ0v) is 11.3. The van der Waals surface area contributed by atoms with Crippen LogP contribution in [0.1, 0.15) is 18.7 Å². The van der Waals surface area contributed by atoms with Crippen molar-refractivity contribution in [2.45, 2.75) is 13.0 Å². The Morgan fingerprint density at radius 3 is 2.78 bits per heavy atom. The molecule has 4 nitrogen and oxygen atoms in total. The lowest BCUT2D eigenvalue weighted by Crippen LogP contribution is -2.13. The minimum atomic E-state index is 0.246. The van der Waals surface area contributed by atoms with E-state index in [1.54, 1.807) is 7.11 Å². The molecule has 2 aromatic rings. The first kappa shape index (κ1) is 12.6. The number of nitrogens with one attached hydrogen (secondary N) is 1. The summed E-state index contributed by atoms with van der Waals surface area (Å²) >= 11 is 0. The minimum absolute atomic E-state index is 0.246. The van der Waals surface area contributed by atoms with Gasteiger partial charge in [0.2, 0.25) is 0 Å². The van der Waals surface area contributed by atoms with Crippen molar-refractivity contribution in [3.8, 4) is 17.0 Å². The highest BCUT2D eigenvalue weighted by Gasteiger charge is 2.11. The predicted octanol–water partition coefficient (Wildman–Crippen LogP) is 2.38. The quantitative estimate of drug-likeness (QED) is 0.899. The molecule has 0 aliphatic carbocycles. The fourth-order valence-electron chi connectivity index (χ4n) is 1.90. The number of aryl methyl sites for hydroxylation is 1. The van der Waals surface area contributed by atoms with Gasteiger partial charge in [0.25, 0.3) is 0 Å². The van der Waals surface area contributed by atoms with Crippen LogP contribution in [0.15, 0.2) is 30.3 Å². The second kappa shape index (κ2) is 5.23. The zero-order valence-electron chi connectivity index (χ0n) is 11.3. The summed E-state index contributed by atoms with van der Waals surface area (Å²) in [4.78, 5) is 0. The lowest BCUT2D eigenvalue weighted by atomic mass is 10.1. The number of hydrogen-bond acceptors (Lipinski definition) is 3. The van der Waals surface area contributed by atoms with Crippen molar-refractivity contribution in [3.05, 3.63) is 36.0 Å². The van der Waals surface area contributed by atoms with Crippen molar-refractivity contribution in [2.75, 3.05) is 14.2 Å². The Morgan fingerprint density at radius 1 is 1.33 bits per heavy atom. The molecule has 0 aliphatic heterocycles. The van der Waals surface area contributed by atoms with Gasteiger partial charge in [-0.15, -0.1) is 0 Å². The van der Waals surface area contributed by atoms with E-state index in [1.807, 2.05) is 37.0 Å². The van der Waals surface area contributed by atoms with Crippen LogP contribution in [0.3, 0.4) is 0 Å². The van der Waals surface area contributed by atoms with Crippen molar-refractivity contribution < 1.29 is 4.74 Å². The minimum Gasteiger partial charge on any atom is -0.497 e. The third-order valence-electron chi connectivity index (χ3n) is 3.14. The number of aromatic nitrogens is 2. The maximum absolute atomic E-state index is 5.25. The van der Waals surface area contributed by atoms with E-state index in [0.717, 1.165) is 22.7 Å². The van der Waals surface area contributed by atoms with Gasteiger partial charge >= 0.3 is 0 Å². The molecule has 1 aromatic carbocycles. The van der Waals surface area contributed by atoms with Crippen molar-refractivity contribution in [1.82, 2.24) is 15.1 Å². The Labute approximate surface area is 108 Å². The zero-order chi connectivity index (χ0) is 13.1. The van der Waals surface area contributed by atoms with Crippen LogP contribution in [0.2, 0.25) is 0 Å². The third kappa shape index (κ3) is 2.38. The molecule has 0 saturated heterocycles. The average Bonchev–Trinajstić information content (AvgIpc) is 2.80. The van der Waals surface area contributed by atoms with E-state index in [1.165, 1.54) is 0 Å². The Kier molecular flexibility index (Phi) is 3.67. The second-order valence-corrected chi connectivity index (χ2v) is 4.32. The molecule has 0 aliphatic rings. The van der Waals surface area contributed by atoms with Gasteiger partial charge in [-0.05, 0) is 32.2 Å². The molecule has 0 saturated carbocycles. The summed E-state index contributed by atoms with van der Waals surface area (Å²) in [5.74, 6) is 0.858. The number of benzene rings is 1. The van der Waals surface area contributed by atoms with E-state index < -0.39 is 0 Å². The Balaban J connectivity index is 2.40. The van der Waals surface area contributed by atoms with E-state index in [0.29, 0.717) is 0 Å².